The van der Waals surface area contributed by atoms with E-state index in [0.29, 0.717) is 30.6 Å². The lowest BCUT2D eigenvalue weighted by atomic mass is 9.82. The second-order valence-corrected chi connectivity index (χ2v) is 7.88. The Bertz CT molecular complexity index is 919. The second-order valence-electron chi connectivity index (χ2n) is 7.88. The number of rotatable bonds is 6. The Labute approximate surface area is 180 Å². The van der Waals surface area contributed by atoms with Gasteiger partial charge in [0.15, 0.2) is 0 Å². The van der Waals surface area contributed by atoms with E-state index in [1.807, 2.05) is 55.5 Å². The topological polar surface area (TPSA) is 9.23 Å². The van der Waals surface area contributed by atoms with Crippen molar-refractivity contribution in [2.45, 2.75) is 46.1 Å². The number of halogens is 1. The molecule has 1 saturated carbocycles. The average Bonchev–Trinajstić information content (AvgIpc) is 2.77. The predicted molar refractivity (Wildman–Crippen MR) is 123 cm³/mol. The molecule has 0 N–H and O–H groups in total. The average molecular weight is 403 g/mol. The van der Waals surface area contributed by atoms with Gasteiger partial charge in [0.2, 0.25) is 0 Å². The molecule has 0 aromatic heterocycles. The van der Waals surface area contributed by atoms with Gasteiger partial charge < -0.3 is 4.74 Å². The van der Waals surface area contributed by atoms with Crippen molar-refractivity contribution < 1.29 is 9.13 Å². The smallest absolute Gasteiger partial charge is 0.132 e. The lowest BCUT2D eigenvalue weighted by molar-refractivity contribution is 0.148. The summed E-state index contributed by atoms with van der Waals surface area (Å²) in [5.41, 5.74) is 3.30. The lowest BCUT2D eigenvalue weighted by Crippen LogP contribution is -2.11. The first-order chi connectivity index (χ1) is 14.7. The first-order valence-electron chi connectivity index (χ1n) is 10.9. The molecule has 1 aliphatic rings. The van der Waals surface area contributed by atoms with Gasteiger partial charge in [0.05, 0.1) is 13.2 Å². The van der Waals surface area contributed by atoms with Crippen LogP contribution in [0.4, 0.5) is 4.39 Å². The molecule has 0 spiro atoms. The van der Waals surface area contributed by atoms with Gasteiger partial charge in [0.1, 0.15) is 5.82 Å². The van der Waals surface area contributed by atoms with Gasteiger partial charge in [-0.3, -0.25) is 0 Å². The highest BCUT2D eigenvalue weighted by atomic mass is 19.1. The summed E-state index contributed by atoms with van der Waals surface area (Å²) >= 11 is 0. The zero-order valence-corrected chi connectivity index (χ0v) is 18.0. The summed E-state index contributed by atoms with van der Waals surface area (Å²) in [6.45, 7) is 5.21. The Morgan fingerprint density at radius 1 is 1.00 bits per heavy atom. The number of hydrogen-bond donors (Lipinski definition) is 0. The van der Waals surface area contributed by atoms with Crippen molar-refractivity contribution >= 4 is 0 Å². The van der Waals surface area contributed by atoms with Crippen LogP contribution in [0.2, 0.25) is 0 Å². The molecule has 0 radical (unpaired) electrons. The molecule has 0 amide bonds. The monoisotopic (exact) mass is 402 g/mol. The molecule has 0 saturated heterocycles. The van der Waals surface area contributed by atoms with E-state index in [2.05, 4.69) is 30.9 Å². The standard InChI is InChI=1S/C28H31FO/c1-3-5-19-30-21-25-13-16-26(17-14-25)27-18-15-24(20-28(27)29)12-11-23-9-7-22(6-4-2)8-10-23/h3-6,13-18,20,22-23H,7-10,19,21H2,1-2H3/b5-3+,6-4-/t22-,23-. The van der Waals surface area contributed by atoms with Crippen LogP contribution >= 0.6 is 0 Å². The Hall–Kier alpha value is -2.63. The van der Waals surface area contributed by atoms with Crippen molar-refractivity contribution in [3.63, 3.8) is 0 Å². The van der Waals surface area contributed by atoms with E-state index in [4.69, 9.17) is 4.74 Å². The Balaban J connectivity index is 1.60. The minimum absolute atomic E-state index is 0.226. The van der Waals surface area contributed by atoms with Gasteiger partial charge in [-0.1, -0.05) is 66.5 Å². The molecular weight excluding hydrogens is 371 g/mol. The van der Waals surface area contributed by atoms with Gasteiger partial charge in [-0.2, -0.15) is 0 Å². The molecule has 1 fully saturated rings. The lowest BCUT2D eigenvalue weighted by Gasteiger charge is -2.22. The minimum Gasteiger partial charge on any atom is -0.373 e. The molecule has 0 bridgehead atoms. The van der Waals surface area contributed by atoms with Crippen molar-refractivity contribution in [3.8, 4) is 23.0 Å². The van der Waals surface area contributed by atoms with E-state index in [1.165, 1.54) is 12.8 Å². The van der Waals surface area contributed by atoms with Gasteiger partial charge in [-0.05, 0) is 68.7 Å². The van der Waals surface area contributed by atoms with Crippen LogP contribution in [0.5, 0.6) is 0 Å². The van der Waals surface area contributed by atoms with Crippen molar-refractivity contribution in [1.82, 2.24) is 0 Å². The summed E-state index contributed by atoms with van der Waals surface area (Å²) in [6, 6.07) is 13.2. The summed E-state index contributed by atoms with van der Waals surface area (Å²) in [5, 5.41) is 0. The molecule has 1 aliphatic carbocycles. The molecule has 2 aromatic carbocycles. The molecule has 2 heteroatoms. The fraction of sp³-hybridized carbons (Fsp3) is 0.357. The van der Waals surface area contributed by atoms with Crippen molar-refractivity contribution in [2.75, 3.05) is 6.61 Å². The maximum Gasteiger partial charge on any atom is 0.132 e. The normalized spacial score (nSPS) is 19.2. The molecule has 156 valence electrons. The highest BCUT2D eigenvalue weighted by molar-refractivity contribution is 5.65. The summed E-state index contributed by atoms with van der Waals surface area (Å²) in [5.74, 6) is 7.46. The molecule has 30 heavy (non-hydrogen) atoms. The number of ether oxygens (including phenoxy) is 1. The van der Waals surface area contributed by atoms with Crippen LogP contribution in [0.15, 0.2) is 66.8 Å². The second kappa shape index (κ2) is 11.5. The van der Waals surface area contributed by atoms with Gasteiger partial charge in [0, 0.05) is 17.0 Å². The van der Waals surface area contributed by atoms with Crippen LogP contribution in [0, 0.1) is 29.5 Å². The Kier molecular flexibility index (Phi) is 8.48. The first kappa shape index (κ1) is 22.1. The predicted octanol–water partition coefficient (Wildman–Crippen LogP) is 7.32. The summed E-state index contributed by atoms with van der Waals surface area (Å²) in [4.78, 5) is 0. The largest absolute Gasteiger partial charge is 0.373 e. The van der Waals surface area contributed by atoms with Crippen molar-refractivity contribution in [2.24, 2.45) is 11.8 Å². The van der Waals surface area contributed by atoms with Crippen LogP contribution < -0.4 is 0 Å². The van der Waals surface area contributed by atoms with Crippen LogP contribution in [0.3, 0.4) is 0 Å². The Morgan fingerprint density at radius 2 is 1.77 bits per heavy atom. The van der Waals surface area contributed by atoms with Crippen LogP contribution in [-0.4, -0.2) is 6.61 Å². The van der Waals surface area contributed by atoms with Crippen molar-refractivity contribution in [1.29, 1.82) is 0 Å². The third-order valence-corrected chi connectivity index (χ3v) is 5.61. The number of benzene rings is 2. The van der Waals surface area contributed by atoms with Crippen LogP contribution in [0.25, 0.3) is 11.1 Å². The minimum atomic E-state index is -0.226. The molecule has 3 rings (SSSR count). The molecule has 0 aliphatic heterocycles. The molecule has 2 aromatic rings. The zero-order chi connectivity index (χ0) is 21.2. The molecule has 0 atom stereocenters. The summed E-state index contributed by atoms with van der Waals surface area (Å²) < 4.78 is 20.3. The fourth-order valence-corrected chi connectivity index (χ4v) is 3.86. The SMILES string of the molecule is C/C=C\[C@H]1CC[C@H](C#Cc2ccc(-c3ccc(COC/C=C/C)cc3)c(F)c2)CC1. The first-order valence-corrected chi connectivity index (χ1v) is 10.9. The van der Waals surface area contributed by atoms with Crippen LogP contribution in [-0.2, 0) is 11.3 Å². The maximum absolute atomic E-state index is 14.7. The third kappa shape index (κ3) is 6.44. The number of allylic oxidation sites excluding steroid dienone is 3. The maximum atomic E-state index is 14.7. The van der Waals surface area contributed by atoms with E-state index in [0.717, 1.165) is 29.5 Å². The van der Waals surface area contributed by atoms with E-state index in [-0.39, 0.29) is 5.82 Å². The van der Waals surface area contributed by atoms with Gasteiger partial charge in [-0.25, -0.2) is 4.39 Å². The molecular formula is C28H31FO. The van der Waals surface area contributed by atoms with E-state index in [9.17, 15) is 4.39 Å². The molecule has 0 unspecified atom stereocenters. The highest BCUT2D eigenvalue weighted by Crippen LogP contribution is 2.29. The summed E-state index contributed by atoms with van der Waals surface area (Å²) in [6.07, 6.45) is 13.1. The molecule has 1 nitrogen and oxygen atoms in total. The van der Waals surface area contributed by atoms with E-state index < -0.39 is 0 Å². The van der Waals surface area contributed by atoms with E-state index in [1.54, 1.807) is 6.07 Å². The highest BCUT2D eigenvalue weighted by Gasteiger charge is 2.17. The fourth-order valence-electron chi connectivity index (χ4n) is 3.86. The summed E-state index contributed by atoms with van der Waals surface area (Å²) in [7, 11) is 0. The van der Waals surface area contributed by atoms with Crippen LogP contribution in [0.1, 0.15) is 50.7 Å². The van der Waals surface area contributed by atoms with Gasteiger partial charge >= 0.3 is 0 Å². The number of hydrogen-bond acceptors (Lipinski definition) is 1. The van der Waals surface area contributed by atoms with Gasteiger partial charge in [0.25, 0.3) is 0 Å². The third-order valence-electron chi connectivity index (χ3n) is 5.61. The quantitative estimate of drug-likeness (QED) is 0.279. The van der Waals surface area contributed by atoms with Crippen molar-refractivity contribution in [3.05, 3.63) is 83.7 Å². The zero-order valence-electron chi connectivity index (χ0n) is 18.0. The van der Waals surface area contributed by atoms with Gasteiger partial charge in [-0.15, -0.1) is 0 Å². The Morgan fingerprint density at radius 3 is 2.43 bits per heavy atom. The molecule has 0 heterocycles. The van der Waals surface area contributed by atoms with E-state index >= 15 is 0 Å².